The number of nitrogens with zero attached hydrogens (tertiary/aromatic N) is 1. The Morgan fingerprint density at radius 2 is 1.82 bits per heavy atom. The summed E-state index contributed by atoms with van der Waals surface area (Å²) >= 11 is 1.18. The highest BCUT2D eigenvalue weighted by Gasteiger charge is 2.32. The van der Waals surface area contributed by atoms with E-state index >= 15 is 0 Å². The van der Waals surface area contributed by atoms with Crippen molar-refractivity contribution >= 4 is 23.2 Å². The summed E-state index contributed by atoms with van der Waals surface area (Å²) in [5, 5.41) is 1.45. The molecule has 0 saturated heterocycles. The van der Waals surface area contributed by atoms with Gasteiger partial charge in [-0.3, -0.25) is 20.4 Å². The fourth-order valence-corrected chi connectivity index (χ4v) is 1.97. The molecular formula is C12H8F3N3O3S. The van der Waals surface area contributed by atoms with E-state index in [0.717, 1.165) is 12.1 Å². The highest BCUT2D eigenvalue weighted by Crippen LogP contribution is 2.25. The lowest BCUT2D eigenvalue weighted by Crippen LogP contribution is -2.42. The van der Waals surface area contributed by atoms with Gasteiger partial charge in [0.25, 0.3) is 11.8 Å². The monoisotopic (exact) mass is 331 g/mol. The van der Waals surface area contributed by atoms with Crippen molar-refractivity contribution in [1.82, 2.24) is 15.8 Å². The third-order valence-electron chi connectivity index (χ3n) is 2.31. The minimum atomic E-state index is -4.93. The van der Waals surface area contributed by atoms with Crippen LogP contribution >= 0.6 is 11.3 Å². The van der Waals surface area contributed by atoms with Crippen molar-refractivity contribution in [1.29, 1.82) is 0 Å². The van der Waals surface area contributed by atoms with Gasteiger partial charge in [0.2, 0.25) is 0 Å². The fourth-order valence-electron chi connectivity index (χ4n) is 1.44. The van der Waals surface area contributed by atoms with E-state index in [1.165, 1.54) is 34.4 Å². The van der Waals surface area contributed by atoms with Gasteiger partial charge in [-0.05, 0) is 12.1 Å². The zero-order valence-corrected chi connectivity index (χ0v) is 11.5. The molecule has 1 aromatic carbocycles. The van der Waals surface area contributed by atoms with Gasteiger partial charge in [0.1, 0.15) is 11.4 Å². The molecule has 2 aromatic rings. The van der Waals surface area contributed by atoms with Gasteiger partial charge < -0.3 is 4.74 Å². The number of para-hydroxylation sites is 1. The Kier molecular flexibility index (Phi) is 4.61. The van der Waals surface area contributed by atoms with Crippen LogP contribution in [0.5, 0.6) is 5.75 Å². The largest absolute Gasteiger partial charge is 0.573 e. The second-order valence-corrected chi connectivity index (χ2v) is 4.54. The predicted octanol–water partition coefficient (Wildman–Crippen LogP) is 2.12. The molecule has 116 valence electrons. The summed E-state index contributed by atoms with van der Waals surface area (Å²) in [7, 11) is 0. The molecule has 1 aromatic heterocycles. The van der Waals surface area contributed by atoms with Gasteiger partial charge >= 0.3 is 6.36 Å². The van der Waals surface area contributed by atoms with Crippen molar-refractivity contribution < 1.29 is 27.5 Å². The van der Waals surface area contributed by atoms with Gasteiger partial charge in [0, 0.05) is 5.38 Å². The van der Waals surface area contributed by atoms with E-state index in [0.29, 0.717) is 0 Å². The number of carbonyl (C=O) groups is 2. The van der Waals surface area contributed by atoms with Crippen LogP contribution in [0.25, 0.3) is 0 Å². The molecule has 0 radical (unpaired) electrons. The summed E-state index contributed by atoms with van der Waals surface area (Å²) < 4.78 is 40.5. The van der Waals surface area contributed by atoms with Gasteiger partial charge in [-0.25, -0.2) is 4.98 Å². The molecule has 6 nitrogen and oxygen atoms in total. The highest BCUT2D eigenvalue weighted by atomic mass is 32.1. The van der Waals surface area contributed by atoms with E-state index in [-0.39, 0.29) is 11.3 Å². The lowest BCUT2D eigenvalue weighted by molar-refractivity contribution is -0.274. The number of rotatable bonds is 3. The highest BCUT2D eigenvalue weighted by molar-refractivity contribution is 7.07. The molecule has 2 amide bonds. The summed E-state index contributed by atoms with van der Waals surface area (Å²) in [5.74, 6) is -2.32. The molecule has 0 atom stereocenters. The second kappa shape index (κ2) is 6.43. The molecule has 2 N–H and O–H groups in total. The van der Waals surface area contributed by atoms with Crippen molar-refractivity contribution in [2.45, 2.75) is 6.36 Å². The summed E-state index contributed by atoms with van der Waals surface area (Å²) in [6, 6.07) is 4.77. The van der Waals surface area contributed by atoms with Crippen LogP contribution in [0.3, 0.4) is 0 Å². The van der Waals surface area contributed by atoms with E-state index in [4.69, 9.17) is 0 Å². The number of hydrogen-bond acceptors (Lipinski definition) is 5. The van der Waals surface area contributed by atoms with Crippen LogP contribution in [0.15, 0.2) is 35.2 Å². The molecule has 2 rings (SSSR count). The van der Waals surface area contributed by atoms with Gasteiger partial charge in [-0.2, -0.15) is 0 Å². The molecular weight excluding hydrogens is 323 g/mol. The third kappa shape index (κ3) is 4.19. The number of benzene rings is 1. The zero-order chi connectivity index (χ0) is 16.2. The first-order valence-corrected chi connectivity index (χ1v) is 6.65. The first-order chi connectivity index (χ1) is 10.4. The van der Waals surface area contributed by atoms with Gasteiger partial charge in [0.05, 0.1) is 11.1 Å². The van der Waals surface area contributed by atoms with Crippen molar-refractivity contribution in [2.24, 2.45) is 0 Å². The van der Waals surface area contributed by atoms with E-state index in [9.17, 15) is 22.8 Å². The quantitative estimate of drug-likeness (QED) is 0.844. The van der Waals surface area contributed by atoms with E-state index in [1.807, 2.05) is 10.9 Å². The molecule has 0 spiro atoms. The number of alkyl halides is 3. The summed E-state index contributed by atoms with van der Waals surface area (Å²) in [6.07, 6.45) is -4.93. The van der Waals surface area contributed by atoms with Crippen molar-refractivity contribution in [3.63, 3.8) is 0 Å². The van der Waals surface area contributed by atoms with Crippen molar-refractivity contribution in [2.75, 3.05) is 0 Å². The minimum Gasteiger partial charge on any atom is -0.405 e. The fraction of sp³-hybridized carbons (Fsp3) is 0.0833. The Morgan fingerprint density at radius 3 is 2.45 bits per heavy atom. The average molecular weight is 331 g/mol. The molecule has 1 heterocycles. The van der Waals surface area contributed by atoms with Crippen LogP contribution < -0.4 is 15.6 Å². The lowest BCUT2D eigenvalue weighted by Gasteiger charge is -2.13. The maximum atomic E-state index is 12.3. The Hall–Kier alpha value is -2.62. The lowest BCUT2D eigenvalue weighted by atomic mass is 10.2. The summed E-state index contributed by atoms with van der Waals surface area (Å²) in [6.45, 7) is 0. The van der Waals surface area contributed by atoms with Crippen LogP contribution in [-0.2, 0) is 0 Å². The Morgan fingerprint density at radius 1 is 1.14 bits per heavy atom. The molecule has 0 aliphatic carbocycles. The Bertz CT molecular complexity index is 674. The van der Waals surface area contributed by atoms with Crippen LogP contribution in [0, 0.1) is 0 Å². The number of aromatic nitrogens is 1. The molecule has 0 fully saturated rings. The van der Waals surface area contributed by atoms with E-state index in [1.54, 1.807) is 0 Å². The maximum Gasteiger partial charge on any atom is 0.573 e. The molecule has 0 saturated carbocycles. The topological polar surface area (TPSA) is 80.3 Å². The number of ether oxygens (including phenoxy) is 1. The number of nitrogens with one attached hydrogen (secondary N) is 2. The normalized spacial score (nSPS) is 10.9. The minimum absolute atomic E-state index is 0.0742. The Balaban J connectivity index is 2.05. The van der Waals surface area contributed by atoms with Gasteiger partial charge in [-0.15, -0.1) is 24.5 Å². The molecule has 0 bridgehead atoms. The second-order valence-electron chi connectivity index (χ2n) is 3.83. The first kappa shape index (κ1) is 15.8. The molecule has 22 heavy (non-hydrogen) atoms. The molecule has 0 aliphatic rings. The zero-order valence-electron chi connectivity index (χ0n) is 10.7. The third-order valence-corrected chi connectivity index (χ3v) is 2.90. The number of halogens is 3. The predicted molar refractivity (Wildman–Crippen MR) is 70.2 cm³/mol. The van der Waals surface area contributed by atoms with Crippen LogP contribution in [0.2, 0.25) is 0 Å². The number of carbonyl (C=O) groups excluding carboxylic acids is 2. The Labute approximate surface area is 125 Å². The number of thiazole rings is 1. The first-order valence-electron chi connectivity index (χ1n) is 5.70. The van der Waals surface area contributed by atoms with E-state index in [2.05, 4.69) is 9.72 Å². The average Bonchev–Trinajstić information content (AvgIpc) is 2.97. The number of amides is 2. The SMILES string of the molecule is O=C(NNC(=O)c1ccccc1OC(F)(F)F)c1cscn1. The van der Waals surface area contributed by atoms with Crippen LogP contribution in [0.4, 0.5) is 13.2 Å². The molecule has 10 heteroatoms. The molecule has 0 unspecified atom stereocenters. The smallest absolute Gasteiger partial charge is 0.405 e. The maximum absolute atomic E-state index is 12.3. The molecule has 0 aliphatic heterocycles. The standard InChI is InChI=1S/C12H8F3N3O3S/c13-12(14,15)21-9-4-2-1-3-7(9)10(19)17-18-11(20)8-5-22-6-16-8/h1-6H,(H,17,19)(H,18,20). The van der Waals surface area contributed by atoms with Crippen LogP contribution in [-0.4, -0.2) is 23.2 Å². The number of hydrogen-bond donors (Lipinski definition) is 2. The van der Waals surface area contributed by atoms with Crippen LogP contribution in [0.1, 0.15) is 20.8 Å². The van der Waals surface area contributed by atoms with E-state index < -0.39 is 23.9 Å². The number of hydrazine groups is 1. The van der Waals surface area contributed by atoms with Crippen molar-refractivity contribution in [3.05, 3.63) is 46.4 Å². The summed E-state index contributed by atoms with van der Waals surface area (Å²) in [4.78, 5) is 27.1. The van der Waals surface area contributed by atoms with Gasteiger partial charge in [0.15, 0.2) is 0 Å². The summed E-state index contributed by atoms with van der Waals surface area (Å²) in [5.41, 5.74) is 5.15. The van der Waals surface area contributed by atoms with Crippen molar-refractivity contribution in [3.8, 4) is 5.75 Å². The van der Waals surface area contributed by atoms with Gasteiger partial charge in [-0.1, -0.05) is 12.1 Å².